The maximum absolute atomic E-state index is 5.52. The summed E-state index contributed by atoms with van der Waals surface area (Å²) in [6.45, 7) is 0.174. The number of hydrogen-bond acceptors (Lipinski definition) is 8. The molecule has 0 fully saturated rings. The lowest BCUT2D eigenvalue weighted by atomic mass is 10.0. The van der Waals surface area contributed by atoms with Gasteiger partial charge in [-0.1, -0.05) is 17.2 Å². The number of aromatic nitrogens is 4. The zero-order chi connectivity index (χ0) is 19.1. The molecule has 0 radical (unpaired) electrons. The van der Waals surface area contributed by atoms with Crippen LogP contribution < -0.4 is 19.6 Å². The zero-order valence-electron chi connectivity index (χ0n) is 15.2. The molecule has 0 atom stereocenters. The van der Waals surface area contributed by atoms with Gasteiger partial charge in [-0.3, -0.25) is 0 Å². The van der Waals surface area contributed by atoms with E-state index in [-0.39, 0.29) is 6.79 Å². The Morgan fingerprint density at radius 3 is 2.64 bits per heavy atom. The van der Waals surface area contributed by atoms with E-state index in [4.69, 9.17) is 14.2 Å². The number of aryl methyl sites for hydroxylation is 1. The van der Waals surface area contributed by atoms with Crippen LogP contribution in [0.3, 0.4) is 0 Å². The molecule has 28 heavy (non-hydrogen) atoms. The van der Waals surface area contributed by atoms with E-state index < -0.39 is 0 Å². The number of rotatable bonds is 4. The molecule has 10 heteroatoms. The quantitative estimate of drug-likeness (QED) is 0.687. The van der Waals surface area contributed by atoms with Gasteiger partial charge in [0.1, 0.15) is 0 Å². The number of nitrogens with zero attached hydrogens (tertiary/aromatic N) is 6. The Balaban J connectivity index is 1.55. The second-order valence-corrected chi connectivity index (χ2v) is 6.22. The second kappa shape index (κ2) is 6.43. The lowest BCUT2D eigenvalue weighted by Crippen LogP contribution is -2.72. The monoisotopic (exact) mass is 378 g/mol. The number of benzene rings is 2. The number of hydrogen-bond donors (Lipinski definition) is 1. The molecule has 0 saturated carbocycles. The van der Waals surface area contributed by atoms with Gasteiger partial charge in [0.15, 0.2) is 28.7 Å². The highest BCUT2D eigenvalue weighted by Crippen LogP contribution is 2.44. The molecule has 0 aliphatic carbocycles. The second-order valence-electron chi connectivity index (χ2n) is 6.22. The topological polar surface area (TPSA) is 113 Å². The zero-order valence-corrected chi connectivity index (χ0v) is 15.2. The summed E-state index contributed by atoms with van der Waals surface area (Å²) in [5, 5.41) is 20.0. The van der Waals surface area contributed by atoms with Gasteiger partial charge < -0.3 is 14.2 Å². The van der Waals surface area contributed by atoms with Crippen LogP contribution >= 0.6 is 0 Å². The molecule has 5 rings (SSSR count). The van der Waals surface area contributed by atoms with E-state index in [9.17, 15) is 0 Å². The summed E-state index contributed by atoms with van der Waals surface area (Å²) in [5.74, 6) is 2.54. The molecule has 0 unspecified atom stereocenters. The number of methoxy groups -OCH3 is 1. The summed E-state index contributed by atoms with van der Waals surface area (Å²) in [4.78, 5) is 0. The average molecular weight is 378 g/mol. The van der Waals surface area contributed by atoms with E-state index in [2.05, 4.69) is 25.9 Å². The van der Waals surface area contributed by atoms with Crippen molar-refractivity contribution in [1.29, 1.82) is 0 Å². The van der Waals surface area contributed by atoms with Crippen LogP contribution in [-0.4, -0.2) is 34.1 Å². The van der Waals surface area contributed by atoms with Crippen molar-refractivity contribution in [3.8, 4) is 28.6 Å². The van der Waals surface area contributed by atoms with Crippen LogP contribution in [0.15, 0.2) is 46.7 Å². The third kappa shape index (κ3) is 2.58. The van der Waals surface area contributed by atoms with Gasteiger partial charge in [0.2, 0.25) is 12.5 Å². The predicted molar refractivity (Wildman–Crippen MR) is 96.9 cm³/mol. The molecular formula is C18H16N7O3+. The summed E-state index contributed by atoms with van der Waals surface area (Å²) in [5.41, 5.74) is 6.14. The molecule has 2 aromatic carbocycles. The summed E-state index contributed by atoms with van der Waals surface area (Å²) in [7, 11) is 3.40. The van der Waals surface area contributed by atoms with E-state index in [1.165, 1.54) is 0 Å². The molecule has 140 valence electrons. The number of ether oxygens (including phenoxy) is 3. The van der Waals surface area contributed by atoms with Crippen LogP contribution in [-0.2, 0) is 7.05 Å². The Morgan fingerprint density at radius 1 is 1.07 bits per heavy atom. The van der Waals surface area contributed by atoms with Gasteiger partial charge in [0, 0.05) is 29.0 Å². The van der Waals surface area contributed by atoms with Gasteiger partial charge in [0.25, 0.3) is 0 Å². The van der Waals surface area contributed by atoms with E-state index in [1.54, 1.807) is 24.3 Å². The highest BCUT2D eigenvalue weighted by Gasteiger charge is 2.26. The third-order valence-corrected chi connectivity index (χ3v) is 4.61. The van der Waals surface area contributed by atoms with Crippen molar-refractivity contribution in [2.24, 2.45) is 17.4 Å². The molecule has 2 aliphatic heterocycles. The van der Waals surface area contributed by atoms with Gasteiger partial charge in [-0.15, -0.1) is 5.10 Å². The largest absolute Gasteiger partial charge is 0.493 e. The number of tetrazole rings is 1. The lowest BCUT2D eigenvalue weighted by molar-refractivity contribution is -0.571. The van der Waals surface area contributed by atoms with Crippen molar-refractivity contribution >= 4 is 11.4 Å². The molecular weight excluding hydrogens is 362 g/mol. The molecule has 3 aromatic rings. The van der Waals surface area contributed by atoms with Crippen molar-refractivity contribution in [3.63, 3.8) is 0 Å². The molecule has 0 amide bonds. The third-order valence-electron chi connectivity index (χ3n) is 4.61. The molecule has 2 aliphatic rings. The Kier molecular flexibility index (Phi) is 3.76. The smallest absolute Gasteiger partial charge is 0.231 e. The van der Waals surface area contributed by atoms with Gasteiger partial charge in [-0.25, -0.2) is 4.68 Å². The highest BCUT2D eigenvalue weighted by molar-refractivity contribution is 5.87. The fraction of sp³-hybridized carbons (Fsp3) is 0.167. The van der Waals surface area contributed by atoms with Crippen LogP contribution in [0.1, 0.15) is 11.1 Å². The van der Waals surface area contributed by atoms with Gasteiger partial charge in [-0.05, 0) is 34.7 Å². The average Bonchev–Trinajstić information content (AvgIpc) is 3.47. The normalized spacial score (nSPS) is 14.8. The van der Waals surface area contributed by atoms with Crippen LogP contribution in [0.4, 0.5) is 0 Å². The number of fused-ring (bicyclic) bond motifs is 1. The molecule has 1 aromatic heterocycles. The van der Waals surface area contributed by atoms with Crippen molar-refractivity contribution in [2.45, 2.75) is 0 Å². The molecule has 0 saturated heterocycles. The van der Waals surface area contributed by atoms with Gasteiger partial charge >= 0.3 is 0 Å². The van der Waals surface area contributed by atoms with Crippen LogP contribution in [0.5, 0.6) is 17.2 Å². The molecule has 3 heterocycles. The Morgan fingerprint density at radius 2 is 1.89 bits per heavy atom. The van der Waals surface area contributed by atoms with Crippen molar-refractivity contribution in [1.82, 2.24) is 20.2 Å². The van der Waals surface area contributed by atoms with E-state index in [1.807, 2.05) is 36.4 Å². The number of quaternary nitrogens is 1. The fourth-order valence-corrected chi connectivity index (χ4v) is 3.22. The molecule has 2 N–H and O–H groups in total. The van der Waals surface area contributed by atoms with E-state index in [0.717, 1.165) is 28.1 Å². The first kappa shape index (κ1) is 16.4. The molecule has 0 spiro atoms. The SMILES string of the molecule is COc1cc(C2=C(c3ccc(-c4nnnn4C)cc3)[NH2+]N=N2)cc2c1OCO2. The summed E-state index contributed by atoms with van der Waals surface area (Å²) < 4.78 is 18.1. The van der Waals surface area contributed by atoms with Crippen LogP contribution in [0.25, 0.3) is 22.8 Å². The molecule has 10 nitrogen and oxygen atoms in total. The highest BCUT2D eigenvalue weighted by atomic mass is 16.7. The van der Waals surface area contributed by atoms with E-state index in [0.29, 0.717) is 23.1 Å². The maximum atomic E-state index is 5.52. The van der Waals surface area contributed by atoms with Gasteiger partial charge in [-0.2, -0.15) is 5.43 Å². The van der Waals surface area contributed by atoms with Crippen molar-refractivity contribution in [2.75, 3.05) is 13.9 Å². The predicted octanol–water partition coefficient (Wildman–Crippen LogP) is 1.38. The Labute approximate surface area is 159 Å². The van der Waals surface area contributed by atoms with Crippen LogP contribution in [0.2, 0.25) is 0 Å². The first-order valence-electron chi connectivity index (χ1n) is 8.54. The summed E-state index contributed by atoms with van der Waals surface area (Å²) in [6, 6.07) is 11.7. The maximum Gasteiger partial charge on any atom is 0.231 e. The molecule has 0 bridgehead atoms. The first-order chi connectivity index (χ1) is 13.7. The summed E-state index contributed by atoms with van der Waals surface area (Å²) >= 11 is 0. The first-order valence-corrected chi connectivity index (χ1v) is 8.54. The standard InChI is InChI=1S/C18H15N7O3/c1-25-18(21-23-24-25)11-5-3-10(4-6-11)15-16(20-22-19-15)12-7-13(26-2)17-14(8-12)27-9-28-17/h3-8H,9H2,1-2H3,(H,19,20,22)/p+1. The summed E-state index contributed by atoms with van der Waals surface area (Å²) in [6.07, 6.45) is 0. The minimum Gasteiger partial charge on any atom is -0.493 e. The minimum absolute atomic E-state index is 0.174. The van der Waals surface area contributed by atoms with Crippen LogP contribution in [0, 0.1) is 0 Å². The lowest BCUT2D eigenvalue weighted by Gasteiger charge is -2.08. The number of nitrogens with two attached hydrogens (primary N) is 1. The minimum atomic E-state index is 0.174. The van der Waals surface area contributed by atoms with Gasteiger partial charge in [0.05, 0.1) is 7.11 Å². The Bertz CT molecular complexity index is 1120. The van der Waals surface area contributed by atoms with E-state index >= 15 is 0 Å². The van der Waals surface area contributed by atoms with Crippen molar-refractivity contribution in [3.05, 3.63) is 47.5 Å². The van der Waals surface area contributed by atoms with Crippen molar-refractivity contribution < 1.29 is 19.6 Å². The Hall–Kier alpha value is -3.79. The fourth-order valence-electron chi connectivity index (χ4n) is 3.22.